The van der Waals surface area contributed by atoms with Crippen molar-refractivity contribution in [1.29, 1.82) is 0 Å². The van der Waals surface area contributed by atoms with Crippen LogP contribution in [0.3, 0.4) is 0 Å². The third-order valence-corrected chi connectivity index (χ3v) is 2.89. The summed E-state index contributed by atoms with van der Waals surface area (Å²) in [6, 6.07) is 0. The van der Waals surface area contributed by atoms with Gasteiger partial charge in [0.25, 0.3) is 0 Å². The highest BCUT2D eigenvalue weighted by molar-refractivity contribution is 4.93. The van der Waals surface area contributed by atoms with E-state index in [-0.39, 0.29) is 0 Å². The lowest BCUT2D eigenvalue weighted by Gasteiger charge is -2.10. The Bertz CT molecular complexity index is 118. The van der Waals surface area contributed by atoms with Crippen molar-refractivity contribution in [3.8, 4) is 0 Å². The molecule has 0 radical (unpaired) electrons. The van der Waals surface area contributed by atoms with Gasteiger partial charge in [0.1, 0.15) is 0 Å². The van der Waals surface area contributed by atoms with Crippen molar-refractivity contribution in [2.24, 2.45) is 0 Å². The SMILES string of the molecule is CCCCCC1(CCCCC)NN1. The third-order valence-electron chi connectivity index (χ3n) is 2.89. The van der Waals surface area contributed by atoms with Crippen LogP contribution in [-0.2, 0) is 0 Å². The Morgan fingerprint density at radius 1 is 0.769 bits per heavy atom. The first-order valence-electron chi connectivity index (χ1n) is 5.87. The summed E-state index contributed by atoms with van der Waals surface area (Å²) in [6.45, 7) is 4.52. The van der Waals surface area contributed by atoms with Crippen LogP contribution in [0.25, 0.3) is 0 Å². The van der Waals surface area contributed by atoms with E-state index < -0.39 is 0 Å². The molecule has 0 atom stereocenters. The van der Waals surface area contributed by atoms with Gasteiger partial charge in [-0.1, -0.05) is 52.4 Å². The number of unbranched alkanes of at least 4 members (excludes halogenated alkanes) is 4. The van der Waals surface area contributed by atoms with E-state index in [2.05, 4.69) is 24.7 Å². The van der Waals surface area contributed by atoms with Crippen molar-refractivity contribution >= 4 is 0 Å². The molecule has 2 N–H and O–H groups in total. The lowest BCUT2D eigenvalue weighted by atomic mass is 10.00. The van der Waals surface area contributed by atoms with Crippen molar-refractivity contribution in [3.63, 3.8) is 0 Å². The predicted molar refractivity (Wildman–Crippen MR) is 57.3 cm³/mol. The zero-order valence-electron chi connectivity index (χ0n) is 9.16. The topological polar surface area (TPSA) is 43.9 Å². The molecule has 0 saturated carbocycles. The summed E-state index contributed by atoms with van der Waals surface area (Å²) in [4.78, 5) is 0. The molecule has 1 aliphatic heterocycles. The Morgan fingerprint density at radius 2 is 1.23 bits per heavy atom. The van der Waals surface area contributed by atoms with Gasteiger partial charge >= 0.3 is 0 Å². The summed E-state index contributed by atoms with van der Waals surface area (Å²) in [6.07, 6.45) is 10.7. The summed E-state index contributed by atoms with van der Waals surface area (Å²) in [5.74, 6) is 0. The zero-order valence-corrected chi connectivity index (χ0v) is 9.16. The van der Waals surface area contributed by atoms with E-state index in [0.29, 0.717) is 5.66 Å². The highest BCUT2D eigenvalue weighted by atomic mass is 15.7. The first kappa shape index (κ1) is 11.0. The van der Waals surface area contributed by atoms with E-state index in [1.165, 1.54) is 51.4 Å². The van der Waals surface area contributed by atoms with E-state index in [1.54, 1.807) is 0 Å². The summed E-state index contributed by atoms with van der Waals surface area (Å²) in [5, 5.41) is 0. The van der Waals surface area contributed by atoms with Crippen molar-refractivity contribution in [1.82, 2.24) is 10.9 Å². The Kier molecular flexibility index (Phi) is 4.74. The molecule has 78 valence electrons. The van der Waals surface area contributed by atoms with Crippen LogP contribution in [-0.4, -0.2) is 5.66 Å². The van der Waals surface area contributed by atoms with E-state index >= 15 is 0 Å². The molecule has 0 aliphatic carbocycles. The molecule has 1 saturated heterocycles. The Morgan fingerprint density at radius 3 is 1.54 bits per heavy atom. The third kappa shape index (κ3) is 4.10. The summed E-state index contributed by atoms with van der Waals surface area (Å²) in [7, 11) is 0. The van der Waals surface area contributed by atoms with Gasteiger partial charge in [0, 0.05) is 0 Å². The normalized spacial score (nSPS) is 18.9. The second-order valence-electron chi connectivity index (χ2n) is 4.25. The van der Waals surface area contributed by atoms with Gasteiger partial charge in [0.2, 0.25) is 0 Å². The van der Waals surface area contributed by atoms with E-state index in [1.807, 2.05) is 0 Å². The number of nitrogens with one attached hydrogen (secondary N) is 2. The fourth-order valence-corrected chi connectivity index (χ4v) is 1.82. The number of hydrogen-bond donors (Lipinski definition) is 2. The van der Waals surface area contributed by atoms with Crippen LogP contribution in [0.2, 0.25) is 0 Å². The molecule has 0 aromatic rings. The van der Waals surface area contributed by atoms with Gasteiger partial charge in [-0.15, -0.1) is 0 Å². The molecule has 0 aromatic heterocycles. The van der Waals surface area contributed by atoms with E-state index in [0.717, 1.165) is 0 Å². The first-order valence-corrected chi connectivity index (χ1v) is 5.87. The number of hydrazine groups is 1. The Labute approximate surface area is 82.5 Å². The Hall–Kier alpha value is -0.0800. The molecule has 1 rings (SSSR count). The van der Waals surface area contributed by atoms with Gasteiger partial charge in [-0.3, -0.25) is 0 Å². The Balaban J connectivity index is 2.01. The highest BCUT2D eigenvalue weighted by Crippen LogP contribution is 2.25. The minimum absolute atomic E-state index is 0.352. The molecule has 2 heteroatoms. The van der Waals surface area contributed by atoms with Gasteiger partial charge in [-0.2, -0.15) is 0 Å². The first-order chi connectivity index (χ1) is 6.33. The summed E-state index contributed by atoms with van der Waals surface area (Å²) < 4.78 is 0. The van der Waals surface area contributed by atoms with Crippen molar-refractivity contribution in [2.45, 2.75) is 70.9 Å². The quantitative estimate of drug-likeness (QED) is 0.450. The van der Waals surface area contributed by atoms with Crippen LogP contribution >= 0.6 is 0 Å². The highest BCUT2D eigenvalue weighted by Gasteiger charge is 2.39. The molecular weight excluding hydrogens is 160 g/mol. The molecule has 0 unspecified atom stereocenters. The lowest BCUT2D eigenvalue weighted by Crippen LogP contribution is -2.17. The van der Waals surface area contributed by atoms with E-state index in [9.17, 15) is 0 Å². The molecule has 1 heterocycles. The maximum absolute atomic E-state index is 3.32. The molecular formula is C11H24N2. The fraction of sp³-hybridized carbons (Fsp3) is 1.00. The van der Waals surface area contributed by atoms with Gasteiger partial charge in [-0.25, -0.2) is 10.9 Å². The van der Waals surface area contributed by atoms with Crippen LogP contribution < -0.4 is 10.9 Å². The van der Waals surface area contributed by atoms with Crippen LogP contribution in [0, 0.1) is 0 Å². The van der Waals surface area contributed by atoms with Crippen LogP contribution in [0.4, 0.5) is 0 Å². The molecule has 1 aliphatic rings. The smallest absolute Gasteiger partial charge is 0.0943 e. The molecule has 13 heavy (non-hydrogen) atoms. The number of hydrogen-bond acceptors (Lipinski definition) is 2. The van der Waals surface area contributed by atoms with Gasteiger partial charge in [0.15, 0.2) is 0 Å². The van der Waals surface area contributed by atoms with E-state index in [4.69, 9.17) is 0 Å². The van der Waals surface area contributed by atoms with Crippen molar-refractivity contribution in [3.05, 3.63) is 0 Å². The number of rotatable bonds is 8. The molecule has 0 spiro atoms. The second kappa shape index (κ2) is 5.61. The van der Waals surface area contributed by atoms with Crippen LogP contribution in [0.5, 0.6) is 0 Å². The van der Waals surface area contributed by atoms with Crippen LogP contribution in [0.15, 0.2) is 0 Å². The average Bonchev–Trinajstić information content (AvgIpc) is 2.87. The predicted octanol–water partition coefficient (Wildman–Crippen LogP) is 2.95. The lowest BCUT2D eigenvalue weighted by molar-refractivity contribution is 0.457. The van der Waals surface area contributed by atoms with Gasteiger partial charge < -0.3 is 0 Å². The van der Waals surface area contributed by atoms with Crippen molar-refractivity contribution < 1.29 is 0 Å². The molecule has 0 aromatic carbocycles. The fourth-order valence-electron chi connectivity index (χ4n) is 1.82. The minimum atomic E-state index is 0.352. The zero-order chi connectivity index (χ0) is 9.57. The maximum atomic E-state index is 3.32. The monoisotopic (exact) mass is 184 g/mol. The molecule has 0 bridgehead atoms. The maximum Gasteiger partial charge on any atom is 0.0943 e. The minimum Gasteiger partial charge on any atom is -0.235 e. The molecule has 2 nitrogen and oxygen atoms in total. The van der Waals surface area contributed by atoms with Crippen LogP contribution in [0.1, 0.15) is 65.2 Å². The molecule has 1 fully saturated rings. The standard InChI is InChI=1S/C11H24N2/c1-3-5-7-9-11(12-13-11)10-8-6-4-2/h12-13H,3-10H2,1-2H3. The van der Waals surface area contributed by atoms with Gasteiger partial charge in [-0.05, 0) is 12.8 Å². The average molecular weight is 184 g/mol. The second-order valence-corrected chi connectivity index (χ2v) is 4.25. The van der Waals surface area contributed by atoms with Gasteiger partial charge in [0.05, 0.1) is 5.66 Å². The molecule has 0 amide bonds. The summed E-state index contributed by atoms with van der Waals surface area (Å²) in [5.41, 5.74) is 6.98. The largest absolute Gasteiger partial charge is 0.235 e. The van der Waals surface area contributed by atoms with Crippen molar-refractivity contribution in [2.75, 3.05) is 0 Å². The summed E-state index contributed by atoms with van der Waals surface area (Å²) >= 11 is 0.